The lowest BCUT2D eigenvalue weighted by Crippen LogP contribution is -2.40. The Morgan fingerprint density at radius 2 is 2.26 bits per heavy atom. The van der Waals surface area contributed by atoms with Crippen molar-refractivity contribution in [2.45, 2.75) is 25.4 Å². The predicted molar refractivity (Wildman–Crippen MR) is 79.6 cm³/mol. The Hall–Kier alpha value is -0.710. The third-order valence-electron chi connectivity index (χ3n) is 3.62. The van der Waals surface area contributed by atoms with Gasteiger partial charge in [-0.1, -0.05) is 34.1 Å². The zero-order chi connectivity index (χ0) is 13.7. The van der Waals surface area contributed by atoms with E-state index in [1.165, 1.54) is 0 Å². The highest BCUT2D eigenvalue weighted by atomic mass is 79.9. The Bertz CT molecular complexity index is 436. The lowest BCUT2D eigenvalue weighted by molar-refractivity contribution is 0.0309. The van der Waals surface area contributed by atoms with E-state index in [0.717, 1.165) is 42.5 Å². The molecular formula is C15H20BrNO2. The van der Waals surface area contributed by atoms with Crippen molar-refractivity contribution in [2.75, 3.05) is 26.7 Å². The molecule has 1 aliphatic heterocycles. The van der Waals surface area contributed by atoms with Crippen LogP contribution in [0.15, 0.2) is 28.7 Å². The molecule has 2 rings (SSSR count). The quantitative estimate of drug-likeness (QED) is 0.779. The van der Waals surface area contributed by atoms with Gasteiger partial charge in [-0.05, 0) is 25.5 Å². The Labute approximate surface area is 123 Å². The molecule has 1 heterocycles. The number of ketones is 1. The molecule has 1 atom stereocenters. The van der Waals surface area contributed by atoms with Crippen LogP contribution in [0, 0.1) is 0 Å². The van der Waals surface area contributed by atoms with Crippen LogP contribution in [0.25, 0.3) is 0 Å². The van der Waals surface area contributed by atoms with Gasteiger partial charge in [-0.3, -0.25) is 4.79 Å². The molecule has 1 aliphatic rings. The molecule has 0 aromatic heterocycles. The maximum Gasteiger partial charge on any atom is 0.165 e. The van der Waals surface area contributed by atoms with Crippen molar-refractivity contribution < 1.29 is 9.53 Å². The first-order valence-corrected chi connectivity index (χ1v) is 7.53. The summed E-state index contributed by atoms with van der Waals surface area (Å²) in [5, 5.41) is 0. The van der Waals surface area contributed by atoms with E-state index in [2.05, 4.69) is 20.8 Å². The standard InChI is InChI=1S/C15H20BrNO2/c1-19-12-5-4-9-17(11-12)10-8-15(18)13-6-2-3-7-14(13)16/h2-3,6-7,12H,4-5,8-11H2,1H3. The van der Waals surface area contributed by atoms with Gasteiger partial charge in [-0.25, -0.2) is 0 Å². The second-order valence-electron chi connectivity index (χ2n) is 4.95. The zero-order valence-corrected chi connectivity index (χ0v) is 12.9. The maximum absolute atomic E-state index is 12.2. The monoisotopic (exact) mass is 325 g/mol. The molecule has 0 aliphatic carbocycles. The molecule has 0 bridgehead atoms. The second kappa shape index (κ2) is 7.17. The number of piperidine rings is 1. The molecule has 4 heteroatoms. The first kappa shape index (κ1) is 14.7. The molecule has 1 saturated heterocycles. The topological polar surface area (TPSA) is 29.5 Å². The smallest absolute Gasteiger partial charge is 0.165 e. The number of benzene rings is 1. The molecule has 19 heavy (non-hydrogen) atoms. The third-order valence-corrected chi connectivity index (χ3v) is 4.32. The normalized spacial score (nSPS) is 20.4. The van der Waals surface area contributed by atoms with Crippen molar-refractivity contribution in [3.63, 3.8) is 0 Å². The highest BCUT2D eigenvalue weighted by Gasteiger charge is 2.20. The summed E-state index contributed by atoms with van der Waals surface area (Å²) in [6.45, 7) is 2.84. The summed E-state index contributed by atoms with van der Waals surface area (Å²) < 4.78 is 6.28. The van der Waals surface area contributed by atoms with Gasteiger partial charge < -0.3 is 9.64 Å². The number of likely N-dealkylation sites (tertiary alicyclic amines) is 1. The summed E-state index contributed by atoms with van der Waals surface area (Å²) in [5.41, 5.74) is 0.780. The van der Waals surface area contributed by atoms with Gasteiger partial charge in [-0.15, -0.1) is 0 Å². The second-order valence-corrected chi connectivity index (χ2v) is 5.81. The molecular weight excluding hydrogens is 306 g/mol. The molecule has 0 saturated carbocycles. The number of hydrogen-bond acceptors (Lipinski definition) is 3. The summed E-state index contributed by atoms with van der Waals surface area (Å²) >= 11 is 3.43. The number of ether oxygens (including phenoxy) is 1. The summed E-state index contributed by atoms with van der Waals surface area (Å²) in [7, 11) is 1.76. The van der Waals surface area contributed by atoms with Crippen molar-refractivity contribution in [3.05, 3.63) is 34.3 Å². The van der Waals surface area contributed by atoms with Crippen molar-refractivity contribution in [3.8, 4) is 0 Å². The SMILES string of the molecule is COC1CCCN(CCC(=O)c2ccccc2Br)C1. The fourth-order valence-corrected chi connectivity index (χ4v) is 3.00. The molecule has 0 amide bonds. The first-order valence-electron chi connectivity index (χ1n) is 6.73. The number of methoxy groups -OCH3 is 1. The fourth-order valence-electron chi connectivity index (χ4n) is 2.49. The van der Waals surface area contributed by atoms with Gasteiger partial charge in [0.1, 0.15) is 0 Å². The van der Waals surface area contributed by atoms with E-state index in [0.29, 0.717) is 12.5 Å². The Balaban J connectivity index is 1.85. The molecule has 0 N–H and O–H groups in total. The molecule has 1 aromatic rings. The summed E-state index contributed by atoms with van der Waals surface area (Å²) in [4.78, 5) is 14.5. The Kier molecular flexibility index (Phi) is 5.55. The molecule has 1 unspecified atom stereocenters. The minimum Gasteiger partial charge on any atom is -0.380 e. The van der Waals surface area contributed by atoms with Crippen LogP contribution in [0.3, 0.4) is 0 Å². The van der Waals surface area contributed by atoms with Crippen molar-refractivity contribution in [1.82, 2.24) is 4.90 Å². The minimum absolute atomic E-state index is 0.201. The number of carbonyl (C=O) groups is 1. The number of Topliss-reactive ketones (excluding diaryl/α,β-unsaturated/α-hetero) is 1. The van der Waals surface area contributed by atoms with Gasteiger partial charge in [0.25, 0.3) is 0 Å². The van der Waals surface area contributed by atoms with Gasteiger partial charge in [0, 0.05) is 36.7 Å². The number of carbonyl (C=O) groups excluding carboxylic acids is 1. The molecule has 1 aromatic carbocycles. The number of hydrogen-bond donors (Lipinski definition) is 0. The summed E-state index contributed by atoms with van der Waals surface area (Å²) in [6.07, 6.45) is 3.18. The van der Waals surface area contributed by atoms with E-state index >= 15 is 0 Å². The van der Waals surface area contributed by atoms with E-state index in [-0.39, 0.29) is 5.78 Å². The van der Waals surface area contributed by atoms with E-state index in [1.54, 1.807) is 7.11 Å². The van der Waals surface area contributed by atoms with Crippen LogP contribution in [0.1, 0.15) is 29.6 Å². The van der Waals surface area contributed by atoms with Gasteiger partial charge in [0.05, 0.1) is 6.10 Å². The van der Waals surface area contributed by atoms with Crippen LogP contribution in [0.4, 0.5) is 0 Å². The van der Waals surface area contributed by atoms with Gasteiger partial charge in [-0.2, -0.15) is 0 Å². The molecule has 3 nitrogen and oxygen atoms in total. The zero-order valence-electron chi connectivity index (χ0n) is 11.3. The number of halogens is 1. The van der Waals surface area contributed by atoms with Crippen LogP contribution < -0.4 is 0 Å². The Morgan fingerprint density at radius 3 is 3.00 bits per heavy atom. The lowest BCUT2D eigenvalue weighted by atomic mass is 10.1. The van der Waals surface area contributed by atoms with Gasteiger partial charge in [0.15, 0.2) is 5.78 Å². The first-order chi connectivity index (χ1) is 9.20. The maximum atomic E-state index is 12.2. The number of rotatable bonds is 5. The molecule has 0 radical (unpaired) electrons. The lowest BCUT2D eigenvalue weighted by Gasteiger charge is -2.31. The predicted octanol–water partition coefficient (Wildman–Crippen LogP) is 3.13. The van der Waals surface area contributed by atoms with E-state index in [4.69, 9.17) is 4.74 Å². The van der Waals surface area contributed by atoms with E-state index in [1.807, 2.05) is 24.3 Å². The van der Waals surface area contributed by atoms with Crippen LogP contribution in [0.2, 0.25) is 0 Å². The van der Waals surface area contributed by atoms with Crippen molar-refractivity contribution >= 4 is 21.7 Å². The highest BCUT2D eigenvalue weighted by Crippen LogP contribution is 2.18. The van der Waals surface area contributed by atoms with Crippen LogP contribution >= 0.6 is 15.9 Å². The minimum atomic E-state index is 0.201. The van der Waals surface area contributed by atoms with Crippen molar-refractivity contribution in [2.24, 2.45) is 0 Å². The summed E-state index contributed by atoms with van der Waals surface area (Å²) in [6, 6.07) is 7.62. The van der Waals surface area contributed by atoms with Crippen molar-refractivity contribution in [1.29, 1.82) is 0 Å². The van der Waals surface area contributed by atoms with Crippen LogP contribution in [0.5, 0.6) is 0 Å². The van der Waals surface area contributed by atoms with E-state index in [9.17, 15) is 4.79 Å². The average molecular weight is 326 g/mol. The van der Waals surface area contributed by atoms with Gasteiger partial charge in [0.2, 0.25) is 0 Å². The highest BCUT2D eigenvalue weighted by molar-refractivity contribution is 9.10. The molecule has 104 valence electrons. The number of nitrogens with zero attached hydrogens (tertiary/aromatic N) is 1. The largest absolute Gasteiger partial charge is 0.380 e. The third kappa shape index (κ3) is 4.13. The molecule has 0 spiro atoms. The van der Waals surface area contributed by atoms with Crippen LogP contribution in [-0.4, -0.2) is 43.5 Å². The fraction of sp³-hybridized carbons (Fsp3) is 0.533. The average Bonchev–Trinajstić information content (AvgIpc) is 2.45. The van der Waals surface area contributed by atoms with E-state index < -0.39 is 0 Å². The molecule has 1 fully saturated rings. The summed E-state index contributed by atoms with van der Waals surface area (Å²) in [5.74, 6) is 0.201. The van der Waals surface area contributed by atoms with Gasteiger partial charge >= 0.3 is 0 Å². The Morgan fingerprint density at radius 1 is 1.47 bits per heavy atom. The van der Waals surface area contributed by atoms with Crippen LogP contribution in [-0.2, 0) is 4.74 Å².